The van der Waals surface area contributed by atoms with E-state index < -0.39 is 0 Å². The van der Waals surface area contributed by atoms with Gasteiger partial charge in [0.1, 0.15) is 11.9 Å². The van der Waals surface area contributed by atoms with Crippen LogP contribution in [0.4, 0.5) is 5.82 Å². The summed E-state index contributed by atoms with van der Waals surface area (Å²) in [5.41, 5.74) is 4.35. The van der Waals surface area contributed by atoms with E-state index in [1.165, 1.54) is 0 Å². The topological polar surface area (TPSA) is 74.5 Å². The molecule has 0 radical (unpaired) electrons. The number of rotatable bonds is 5. The summed E-state index contributed by atoms with van der Waals surface area (Å²) in [5.74, 6) is 0.834. The number of nitriles is 1. The Kier molecular flexibility index (Phi) is 4.44. The highest BCUT2D eigenvalue weighted by Gasteiger charge is 2.07. The zero-order chi connectivity index (χ0) is 16.1. The first-order valence-electron chi connectivity index (χ1n) is 7.63. The van der Waals surface area contributed by atoms with E-state index in [2.05, 4.69) is 26.3 Å². The van der Waals surface area contributed by atoms with Gasteiger partial charge in [-0.1, -0.05) is 12.1 Å². The summed E-state index contributed by atoms with van der Waals surface area (Å²) in [4.78, 5) is 13.4. The highest BCUT2D eigenvalue weighted by atomic mass is 15.0. The van der Waals surface area contributed by atoms with Crippen LogP contribution in [0.1, 0.15) is 23.7 Å². The molecule has 2 aromatic heterocycles. The Hall–Kier alpha value is -3.00. The molecule has 0 atom stereocenters. The number of anilines is 1. The fourth-order valence-corrected chi connectivity index (χ4v) is 2.47. The molecule has 3 aromatic rings. The van der Waals surface area contributed by atoms with Crippen LogP contribution in [-0.2, 0) is 12.8 Å². The Labute approximate surface area is 135 Å². The Balaban J connectivity index is 1.82. The number of para-hydroxylation sites is 2. The van der Waals surface area contributed by atoms with Gasteiger partial charge >= 0.3 is 0 Å². The maximum atomic E-state index is 9.05. The van der Waals surface area contributed by atoms with E-state index in [0.717, 1.165) is 47.5 Å². The first kappa shape index (κ1) is 14.9. The first-order valence-corrected chi connectivity index (χ1v) is 7.63. The van der Waals surface area contributed by atoms with Gasteiger partial charge in [-0.2, -0.15) is 5.26 Å². The highest BCUT2D eigenvalue weighted by Crippen LogP contribution is 2.17. The number of aryl methyl sites for hydroxylation is 2. The van der Waals surface area contributed by atoms with Crippen molar-refractivity contribution in [3.8, 4) is 6.07 Å². The van der Waals surface area contributed by atoms with Gasteiger partial charge in [0.25, 0.3) is 0 Å². The van der Waals surface area contributed by atoms with Gasteiger partial charge in [0.2, 0.25) is 0 Å². The van der Waals surface area contributed by atoms with E-state index in [1.807, 2.05) is 43.5 Å². The molecule has 5 heteroatoms. The normalized spacial score (nSPS) is 10.4. The SMILES string of the molecule is CCNc1ncc(C#N)cc1CCc1cnc2ccccc2n1. The second-order valence-corrected chi connectivity index (χ2v) is 5.22. The number of hydrogen-bond acceptors (Lipinski definition) is 5. The molecule has 0 unspecified atom stereocenters. The molecule has 0 spiro atoms. The van der Waals surface area contributed by atoms with Crippen LogP contribution in [0.2, 0.25) is 0 Å². The third kappa shape index (κ3) is 3.43. The summed E-state index contributed by atoms with van der Waals surface area (Å²) < 4.78 is 0. The summed E-state index contributed by atoms with van der Waals surface area (Å²) >= 11 is 0. The Morgan fingerprint density at radius 1 is 1.09 bits per heavy atom. The predicted molar refractivity (Wildman–Crippen MR) is 90.1 cm³/mol. The average molecular weight is 303 g/mol. The Morgan fingerprint density at radius 2 is 1.91 bits per heavy atom. The van der Waals surface area contributed by atoms with Crippen LogP contribution < -0.4 is 5.32 Å². The van der Waals surface area contributed by atoms with Gasteiger partial charge in [0.15, 0.2) is 0 Å². The number of pyridine rings is 1. The van der Waals surface area contributed by atoms with Crippen molar-refractivity contribution in [3.63, 3.8) is 0 Å². The molecule has 5 nitrogen and oxygen atoms in total. The van der Waals surface area contributed by atoms with Crippen molar-refractivity contribution in [3.05, 3.63) is 59.5 Å². The van der Waals surface area contributed by atoms with E-state index in [-0.39, 0.29) is 0 Å². The standard InChI is InChI=1S/C18H17N5/c1-2-20-18-14(9-13(10-19)11-22-18)7-8-15-12-21-16-5-3-4-6-17(16)23-15/h3-6,9,11-12H,2,7-8H2,1H3,(H,20,22). The van der Waals surface area contributed by atoms with E-state index in [4.69, 9.17) is 5.26 Å². The number of benzene rings is 1. The number of nitrogens with zero attached hydrogens (tertiary/aromatic N) is 4. The van der Waals surface area contributed by atoms with Gasteiger partial charge in [-0.05, 0) is 43.5 Å². The van der Waals surface area contributed by atoms with Crippen LogP contribution >= 0.6 is 0 Å². The molecule has 0 aliphatic heterocycles. The van der Waals surface area contributed by atoms with Crippen LogP contribution in [0.25, 0.3) is 11.0 Å². The summed E-state index contributed by atoms with van der Waals surface area (Å²) in [5, 5.41) is 12.3. The van der Waals surface area contributed by atoms with Crippen LogP contribution in [0.5, 0.6) is 0 Å². The van der Waals surface area contributed by atoms with Gasteiger partial charge in [-0.3, -0.25) is 4.98 Å². The molecule has 114 valence electrons. The molecule has 1 N–H and O–H groups in total. The zero-order valence-electron chi connectivity index (χ0n) is 13.0. The lowest BCUT2D eigenvalue weighted by Gasteiger charge is -2.10. The van der Waals surface area contributed by atoms with Gasteiger partial charge in [0.05, 0.1) is 22.3 Å². The summed E-state index contributed by atoms with van der Waals surface area (Å²) in [7, 11) is 0. The van der Waals surface area contributed by atoms with Crippen molar-refractivity contribution >= 4 is 16.9 Å². The molecule has 3 rings (SSSR count). The first-order chi connectivity index (χ1) is 11.3. The number of hydrogen-bond donors (Lipinski definition) is 1. The minimum Gasteiger partial charge on any atom is -0.370 e. The summed E-state index contributed by atoms with van der Waals surface area (Å²) in [6.45, 7) is 2.82. The van der Waals surface area contributed by atoms with Gasteiger partial charge in [-0.25, -0.2) is 9.97 Å². The van der Waals surface area contributed by atoms with Crippen molar-refractivity contribution in [2.24, 2.45) is 0 Å². The lowest BCUT2D eigenvalue weighted by atomic mass is 10.1. The maximum Gasteiger partial charge on any atom is 0.129 e. The van der Waals surface area contributed by atoms with E-state index in [0.29, 0.717) is 5.56 Å². The minimum absolute atomic E-state index is 0.575. The Bertz CT molecular complexity index is 867. The lowest BCUT2D eigenvalue weighted by Crippen LogP contribution is -2.05. The maximum absolute atomic E-state index is 9.05. The predicted octanol–water partition coefficient (Wildman–Crippen LogP) is 3.11. The van der Waals surface area contributed by atoms with E-state index >= 15 is 0 Å². The van der Waals surface area contributed by atoms with Gasteiger partial charge in [0, 0.05) is 18.9 Å². The Morgan fingerprint density at radius 3 is 2.70 bits per heavy atom. The van der Waals surface area contributed by atoms with Crippen molar-refractivity contribution < 1.29 is 0 Å². The number of fused-ring (bicyclic) bond motifs is 1. The third-order valence-electron chi connectivity index (χ3n) is 3.59. The van der Waals surface area contributed by atoms with Crippen LogP contribution in [0, 0.1) is 11.3 Å². The second kappa shape index (κ2) is 6.84. The fraction of sp³-hybridized carbons (Fsp3) is 0.222. The van der Waals surface area contributed by atoms with Crippen molar-refractivity contribution in [1.82, 2.24) is 15.0 Å². The van der Waals surface area contributed by atoms with Gasteiger partial charge in [-0.15, -0.1) is 0 Å². The fourth-order valence-electron chi connectivity index (χ4n) is 2.47. The quantitative estimate of drug-likeness (QED) is 0.784. The van der Waals surface area contributed by atoms with Crippen molar-refractivity contribution in [2.75, 3.05) is 11.9 Å². The molecule has 0 amide bonds. The summed E-state index contributed by atoms with van der Waals surface area (Å²) in [6, 6.07) is 11.9. The van der Waals surface area contributed by atoms with Crippen molar-refractivity contribution in [2.45, 2.75) is 19.8 Å². The largest absolute Gasteiger partial charge is 0.370 e. The molecule has 23 heavy (non-hydrogen) atoms. The molecule has 0 saturated carbocycles. The minimum atomic E-state index is 0.575. The number of nitrogens with one attached hydrogen (secondary N) is 1. The molecular formula is C18H17N5. The molecule has 0 saturated heterocycles. The monoisotopic (exact) mass is 303 g/mol. The molecule has 0 aliphatic rings. The van der Waals surface area contributed by atoms with Gasteiger partial charge < -0.3 is 5.32 Å². The van der Waals surface area contributed by atoms with Crippen LogP contribution in [-0.4, -0.2) is 21.5 Å². The molecule has 0 aliphatic carbocycles. The smallest absolute Gasteiger partial charge is 0.129 e. The molecular weight excluding hydrogens is 286 g/mol. The number of aromatic nitrogens is 3. The third-order valence-corrected chi connectivity index (χ3v) is 3.59. The summed E-state index contributed by atoms with van der Waals surface area (Å²) in [6.07, 6.45) is 4.93. The molecule has 2 heterocycles. The van der Waals surface area contributed by atoms with Crippen LogP contribution in [0.15, 0.2) is 42.7 Å². The van der Waals surface area contributed by atoms with Crippen LogP contribution in [0.3, 0.4) is 0 Å². The van der Waals surface area contributed by atoms with E-state index in [9.17, 15) is 0 Å². The molecule has 1 aromatic carbocycles. The second-order valence-electron chi connectivity index (χ2n) is 5.22. The van der Waals surface area contributed by atoms with E-state index in [1.54, 1.807) is 6.20 Å². The molecule has 0 bridgehead atoms. The van der Waals surface area contributed by atoms with Crippen molar-refractivity contribution in [1.29, 1.82) is 5.26 Å². The average Bonchev–Trinajstić information content (AvgIpc) is 2.61. The lowest BCUT2D eigenvalue weighted by molar-refractivity contribution is 0.903. The molecule has 0 fully saturated rings. The highest BCUT2D eigenvalue weighted by molar-refractivity contribution is 5.73. The zero-order valence-corrected chi connectivity index (χ0v) is 13.0.